The average Bonchev–Trinajstić information content (AvgIpc) is 2.67. The first-order valence-electron chi connectivity index (χ1n) is 7.92. The summed E-state index contributed by atoms with van der Waals surface area (Å²) in [7, 11) is 1.57. The van der Waals surface area contributed by atoms with E-state index in [0.717, 1.165) is 17.4 Å². The molecule has 0 spiro atoms. The Balaban J connectivity index is 1.76. The predicted octanol–water partition coefficient (Wildman–Crippen LogP) is 1.39. The summed E-state index contributed by atoms with van der Waals surface area (Å²) in [6.45, 7) is -0.259. The number of phenolic OH excluding ortho intramolecular Hbond substituents is 2. The molecule has 0 aliphatic heterocycles. The van der Waals surface area contributed by atoms with Gasteiger partial charge in [-0.3, -0.25) is 9.59 Å². The summed E-state index contributed by atoms with van der Waals surface area (Å²) in [4.78, 5) is 23.4. The standard InChI is InChI=1S/C19H19N3O5/c1-27-16-7-2-13(3-8-16)4-9-18(25)20-12-19(26)22-21-11-14-5-6-15(23)10-17(14)24/h2-11,23-24H,12H2,1H3,(H,20,25)(H,22,26)/b9-4-,21-11?. The van der Waals surface area contributed by atoms with Gasteiger partial charge in [0.25, 0.3) is 5.91 Å². The van der Waals surface area contributed by atoms with E-state index in [4.69, 9.17) is 4.74 Å². The van der Waals surface area contributed by atoms with Crippen LogP contribution in [-0.4, -0.2) is 41.9 Å². The third-order valence-electron chi connectivity index (χ3n) is 3.37. The van der Waals surface area contributed by atoms with Gasteiger partial charge in [0, 0.05) is 17.7 Å². The van der Waals surface area contributed by atoms with Gasteiger partial charge in [-0.25, -0.2) is 5.43 Å². The second-order valence-electron chi connectivity index (χ2n) is 5.36. The SMILES string of the molecule is COc1ccc(/C=C\C(=O)NCC(=O)NN=Cc2ccc(O)cc2O)cc1. The van der Waals surface area contributed by atoms with Gasteiger partial charge in [-0.05, 0) is 35.9 Å². The van der Waals surface area contributed by atoms with Crippen LogP contribution in [0.3, 0.4) is 0 Å². The maximum absolute atomic E-state index is 11.7. The topological polar surface area (TPSA) is 120 Å². The third-order valence-corrected chi connectivity index (χ3v) is 3.37. The smallest absolute Gasteiger partial charge is 0.259 e. The van der Waals surface area contributed by atoms with Crippen LogP contribution >= 0.6 is 0 Å². The van der Waals surface area contributed by atoms with E-state index in [0.29, 0.717) is 5.56 Å². The summed E-state index contributed by atoms with van der Waals surface area (Å²) >= 11 is 0. The molecule has 2 amide bonds. The molecule has 2 rings (SSSR count). The quantitative estimate of drug-likeness (QED) is 0.334. The van der Waals surface area contributed by atoms with Crippen LogP contribution in [0.25, 0.3) is 6.08 Å². The first-order chi connectivity index (χ1) is 13.0. The lowest BCUT2D eigenvalue weighted by Gasteiger charge is -2.02. The Bertz CT molecular complexity index is 860. The highest BCUT2D eigenvalue weighted by atomic mass is 16.5. The molecule has 0 atom stereocenters. The number of methoxy groups -OCH3 is 1. The van der Waals surface area contributed by atoms with Gasteiger partial charge in [-0.2, -0.15) is 5.10 Å². The van der Waals surface area contributed by atoms with E-state index in [9.17, 15) is 19.8 Å². The summed E-state index contributed by atoms with van der Waals surface area (Å²) in [5.74, 6) is -0.504. The number of nitrogens with zero attached hydrogens (tertiary/aromatic N) is 1. The van der Waals surface area contributed by atoms with Crippen LogP contribution < -0.4 is 15.5 Å². The Labute approximate surface area is 155 Å². The zero-order valence-corrected chi connectivity index (χ0v) is 14.5. The maximum atomic E-state index is 11.7. The Morgan fingerprint density at radius 1 is 1.15 bits per heavy atom. The molecule has 0 unspecified atom stereocenters. The fourth-order valence-electron chi connectivity index (χ4n) is 1.97. The highest BCUT2D eigenvalue weighted by Crippen LogP contribution is 2.20. The summed E-state index contributed by atoms with van der Waals surface area (Å²) in [5.41, 5.74) is 3.35. The van der Waals surface area contributed by atoms with E-state index in [1.807, 2.05) is 0 Å². The number of phenols is 2. The lowest BCUT2D eigenvalue weighted by Crippen LogP contribution is -2.34. The van der Waals surface area contributed by atoms with Gasteiger partial charge in [0.2, 0.25) is 5.91 Å². The zero-order valence-electron chi connectivity index (χ0n) is 14.5. The first-order valence-corrected chi connectivity index (χ1v) is 7.92. The van der Waals surface area contributed by atoms with Crippen LogP contribution in [0.5, 0.6) is 17.2 Å². The molecule has 0 fully saturated rings. The third kappa shape index (κ3) is 6.54. The molecule has 140 valence electrons. The highest BCUT2D eigenvalue weighted by molar-refractivity contribution is 5.94. The number of hydrogen-bond donors (Lipinski definition) is 4. The summed E-state index contributed by atoms with van der Waals surface area (Å²) in [5, 5.41) is 24.9. The monoisotopic (exact) mass is 369 g/mol. The summed E-state index contributed by atoms with van der Waals surface area (Å²) in [6.07, 6.45) is 4.14. The van der Waals surface area contributed by atoms with E-state index in [1.165, 1.54) is 24.4 Å². The molecular formula is C19H19N3O5. The highest BCUT2D eigenvalue weighted by Gasteiger charge is 2.03. The number of amides is 2. The number of benzene rings is 2. The summed E-state index contributed by atoms with van der Waals surface area (Å²) in [6, 6.07) is 11.1. The summed E-state index contributed by atoms with van der Waals surface area (Å²) < 4.78 is 5.05. The molecule has 0 radical (unpaired) electrons. The Hall–Kier alpha value is -3.81. The van der Waals surface area contributed by atoms with E-state index < -0.39 is 11.8 Å². The van der Waals surface area contributed by atoms with E-state index >= 15 is 0 Å². The maximum Gasteiger partial charge on any atom is 0.259 e. The van der Waals surface area contributed by atoms with Crippen molar-refractivity contribution in [3.8, 4) is 17.2 Å². The molecule has 0 heterocycles. The van der Waals surface area contributed by atoms with Crippen molar-refractivity contribution in [3.05, 3.63) is 59.7 Å². The molecule has 0 aliphatic carbocycles. The number of carbonyl (C=O) groups excluding carboxylic acids is 2. The van der Waals surface area contributed by atoms with Gasteiger partial charge < -0.3 is 20.3 Å². The molecule has 0 bridgehead atoms. The molecule has 0 saturated heterocycles. The molecule has 0 aliphatic rings. The fourth-order valence-corrected chi connectivity index (χ4v) is 1.97. The Kier molecular flexibility index (Phi) is 6.95. The van der Waals surface area contributed by atoms with Crippen molar-refractivity contribution in [2.24, 2.45) is 5.10 Å². The number of ether oxygens (including phenoxy) is 1. The first kappa shape index (κ1) is 19.5. The zero-order chi connectivity index (χ0) is 19.6. The van der Waals surface area contributed by atoms with E-state index in [2.05, 4.69) is 15.8 Å². The molecule has 27 heavy (non-hydrogen) atoms. The van der Waals surface area contributed by atoms with Crippen LogP contribution in [0.15, 0.2) is 53.6 Å². The van der Waals surface area contributed by atoms with Crippen molar-refractivity contribution in [1.82, 2.24) is 10.7 Å². The van der Waals surface area contributed by atoms with Crippen LogP contribution in [0.2, 0.25) is 0 Å². The predicted molar refractivity (Wildman–Crippen MR) is 101 cm³/mol. The molecular weight excluding hydrogens is 350 g/mol. The average molecular weight is 369 g/mol. The number of hydrazone groups is 1. The second kappa shape index (κ2) is 9.62. The van der Waals surface area contributed by atoms with Crippen molar-refractivity contribution in [1.29, 1.82) is 0 Å². The number of hydrogen-bond acceptors (Lipinski definition) is 6. The van der Waals surface area contributed by atoms with Gasteiger partial charge in [0.05, 0.1) is 19.9 Å². The lowest BCUT2D eigenvalue weighted by atomic mass is 10.2. The molecule has 4 N–H and O–H groups in total. The minimum absolute atomic E-state index is 0.0842. The normalized spacial score (nSPS) is 10.9. The number of aromatic hydroxyl groups is 2. The second-order valence-corrected chi connectivity index (χ2v) is 5.36. The minimum atomic E-state index is -0.532. The van der Waals surface area contributed by atoms with E-state index in [1.54, 1.807) is 37.5 Å². The van der Waals surface area contributed by atoms with Crippen LogP contribution in [0.4, 0.5) is 0 Å². The van der Waals surface area contributed by atoms with E-state index in [-0.39, 0.29) is 18.0 Å². The van der Waals surface area contributed by atoms with Crippen LogP contribution in [-0.2, 0) is 9.59 Å². The van der Waals surface area contributed by atoms with Crippen LogP contribution in [0.1, 0.15) is 11.1 Å². The van der Waals surface area contributed by atoms with Crippen molar-refractivity contribution in [2.75, 3.05) is 13.7 Å². The molecule has 0 aromatic heterocycles. The van der Waals surface area contributed by atoms with Crippen molar-refractivity contribution >= 4 is 24.1 Å². The minimum Gasteiger partial charge on any atom is -0.508 e. The number of nitrogens with one attached hydrogen (secondary N) is 2. The fraction of sp³-hybridized carbons (Fsp3) is 0.105. The van der Waals surface area contributed by atoms with Crippen molar-refractivity contribution < 1.29 is 24.5 Å². The molecule has 0 saturated carbocycles. The van der Waals surface area contributed by atoms with Gasteiger partial charge in [0.1, 0.15) is 17.2 Å². The van der Waals surface area contributed by atoms with Gasteiger partial charge in [-0.1, -0.05) is 12.1 Å². The molecule has 2 aromatic carbocycles. The molecule has 8 nitrogen and oxygen atoms in total. The largest absolute Gasteiger partial charge is 0.508 e. The van der Waals surface area contributed by atoms with Crippen molar-refractivity contribution in [3.63, 3.8) is 0 Å². The number of rotatable bonds is 7. The lowest BCUT2D eigenvalue weighted by molar-refractivity contribution is -0.123. The van der Waals surface area contributed by atoms with Gasteiger partial charge in [-0.15, -0.1) is 0 Å². The van der Waals surface area contributed by atoms with Gasteiger partial charge >= 0.3 is 0 Å². The Morgan fingerprint density at radius 3 is 2.56 bits per heavy atom. The molecule has 2 aromatic rings. The van der Waals surface area contributed by atoms with Gasteiger partial charge in [0.15, 0.2) is 0 Å². The Morgan fingerprint density at radius 2 is 1.89 bits per heavy atom. The van der Waals surface area contributed by atoms with Crippen molar-refractivity contribution in [2.45, 2.75) is 0 Å². The molecule has 8 heteroatoms. The number of carbonyl (C=O) groups is 2. The van der Waals surface area contributed by atoms with Crippen LogP contribution in [0, 0.1) is 0 Å².